The molecule has 0 aliphatic carbocycles. The van der Waals surface area contributed by atoms with Gasteiger partial charge in [0.1, 0.15) is 20.1 Å². The molecule has 4 rings (SSSR count). The number of hydrogen-bond acceptors (Lipinski definition) is 6. The Bertz CT molecular complexity index is 1300. The van der Waals surface area contributed by atoms with E-state index >= 15 is 4.39 Å². The molecule has 33 heavy (non-hydrogen) atoms. The number of amides is 1. The summed E-state index contributed by atoms with van der Waals surface area (Å²) >= 11 is 12.4. The fourth-order valence-corrected chi connectivity index (χ4v) is 6.72. The maximum atomic E-state index is 15.1. The molecule has 0 saturated carbocycles. The lowest BCUT2D eigenvalue weighted by Gasteiger charge is -2.18. The quantitative estimate of drug-likeness (QED) is 0.493. The third kappa shape index (κ3) is 5.46. The zero-order valence-electron chi connectivity index (χ0n) is 17.2. The van der Waals surface area contributed by atoms with E-state index in [0.29, 0.717) is 42.8 Å². The molecular formula is C21H19Cl2FN4O3S2. The Kier molecular flexibility index (Phi) is 7.18. The Balaban J connectivity index is 1.48. The number of thiophene rings is 1. The van der Waals surface area contributed by atoms with Gasteiger partial charge in [0.15, 0.2) is 9.84 Å². The maximum absolute atomic E-state index is 15.1. The van der Waals surface area contributed by atoms with Gasteiger partial charge in [0, 0.05) is 18.5 Å². The monoisotopic (exact) mass is 528 g/mol. The molecule has 12 heteroatoms. The number of carbonyl (C=O) groups is 1. The largest absolute Gasteiger partial charge is 0.349 e. The van der Waals surface area contributed by atoms with Gasteiger partial charge >= 0.3 is 0 Å². The lowest BCUT2D eigenvalue weighted by molar-refractivity contribution is -0.118. The predicted octanol–water partition coefficient (Wildman–Crippen LogP) is 4.30. The number of carbonyl (C=O) groups excluding carboxylic acids is 1. The van der Waals surface area contributed by atoms with Crippen molar-refractivity contribution in [2.24, 2.45) is 0 Å². The first-order valence-electron chi connectivity index (χ1n) is 10.0. The number of nitrogens with one attached hydrogen (secondary N) is 1. The van der Waals surface area contributed by atoms with Crippen LogP contribution in [0.5, 0.6) is 0 Å². The molecular weight excluding hydrogens is 510 g/mol. The van der Waals surface area contributed by atoms with Crippen molar-refractivity contribution in [1.29, 1.82) is 0 Å². The SMILES string of the molecule is O=C(CS(=O)(=O)c1cc(Cl)c(Cl)s1)NC/C(F)=C1/CCCn2nnc(Cc3ccccc3)c21. The Labute approximate surface area is 204 Å². The summed E-state index contributed by atoms with van der Waals surface area (Å²) in [6.45, 7) is 0.204. The second-order valence-corrected chi connectivity index (χ2v) is 11.8. The molecule has 0 bridgehead atoms. The molecule has 7 nitrogen and oxygen atoms in total. The molecule has 0 atom stereocenters. The number of benzene rings is 1. The Morgan fingerprint density at radius 1 is 1.24 bits per heavy atom. The zero-order valence-corrected chi connectivity index (χ0v) is 20.4. The molecule has 1 N–H and O–H groups in total. The lowest BCUT2D eigenvalue weighted by Crippen LogP contribution is -2.31. The Morgan fingerprint density at radius 2 is 2.00 bits per heavy atom. The third-order valence-electron chi connectivity index (χ3n) is 5.12. The van der Waals surface area contributed by atoms with Crippen molar-refractivity contribution < 1.29 is 17.6 Å². The number of allylic oxidation sites excluding steroid dienone is 1. The number of aromatic nitrogens is 3. The highest BCUT2D eigenvalue weighted by Gasteiger charge is 2.26. The highest BCUT2D eigenvalue weighted by Crippen LogP contribution is 2.35. The minimum absolute atomic E-state index is 0.102. The van der Waals surface area contributed by atoms with Gasteiger partial charge in [-0.2, -0.15) is 0 Å². The van der Waals surface area contributed by atoms with Crippen LogP contribution in [0.15, 0.2) is 46.4 Å². The van der Waals surface area contributed by atoms with Crippen molar-refractivity contribution >= 4 is 55.9 Å². The van der Waals surface area contributed by atoms with Crippen LogP contribution in [0.25, 0.3) is 5.57 Å². The van der Waals surface area contributed by atoms with Crippen molar-refractivity contribution in [3.8, 4) is 0 Å². The Morgan fingerprint density at radius 3 is 2.70 bits per heavy atom. The van der Waals surface area contributed by atoms with Crippen LogP contribution in [0.4, 0.5) is 4.39 Å². The Hall–Kier alpha value is -2.27. The second-order valence-electron chi connectivity index (χ2n) is 7.48. The van der Waals surface area contributed by atoms with E-state index in [0.717, 1.165) is 16.9 Å². The molecule has 174 valence electrons. The summed E-state index contributed by atoms with van der Waals surface area (Å²) in [4.78, 5) is 12.2. The summed E-state index contributed by atoms with van der Waals surface area (Å²) in [5, 5.41) is 10.8. The van der Waals surface area contributed by atoms with Crippen LogP contribution in [0.2, 0.25) is 9.36 Å². The average Bonchev–Trinajstić information content (AvgIpc) is 3.36. The summed E-state index contributed by atoms with van der Waals surface area (Å²) in [5.41, 5.74) is 2.73. The molecule has 1 aromatic carbocycles. The van der Waals surface area contributed by atoms with Crippen LogP contribution < -0.4 is 5.32 Å². The van der Waals surface area contributed by atoms with Crippen LogP contribution in [-0.2, 0) is 27.6 Å². The molecule has 0 unspecified atom stereocenters. The fourth-order valence-electron chi connectivity index (χ4n) is 3.59. The first-order valence-corrected chi connectivity index (χ1v) is 13.3. The van der Waals surface area contributed by atoms with Crippen LogP contribution in [0.1, 0.15) is 29.8 Å². The van der Waals surface area contributed by atoms with Crippen molar-refractivity contribution in [3.05, 3.63) is 68.5 Å². The number of hydrogen-bond donors (Lipinski definition) is 1. The molecule has 3 heterocycles. The summed E-state index contributed by atoms with van der Waals surface area (Å²) in [6.07, 6.45) is 1.66. The molecule has 1 amide bonds. The number of sulfone groups is 1. The number of nitrogens with zero attached hydrogens (tertiary/aromatic N) is 3. The average molecular weight is 529 g/mol. The van der Waals surface area contributed by atoms with Gasteiger partial charge in [-0.15, -0.1) is 16.4 Å². The number of aryl methyl sites for hydroxylation is 1. The van der Waals surface area contributed by atoms with Gasteiger partial charge in [0.05, 0.1) is 23.0 Å². The minimum Gasteiger partial charge on any atom is -0.349 e. The van der Waals surface area contributed by atoms with E-state index < -0.39 is 33.9 Å². The molecule has 3 aromatic rings. The summed E-state index contributed by atoms with van der Waals surface area (Å²) < 4.78 is 41.7. The molecule has 0 radical (unpaired) electrons. The highest BCUT2D eigenvalue weighted by atomic mass is 35.5. The predicted molar refractivity (Wildman–Crippen MR) is 126 cm³/mol. The topological polar surface area (TPSA) is 94.0 Å². The van der Waals surface area contributed by atoms with E-state index in [2.05, 4.69) is 15.6 Å². The van der Waals surface area contributed by atoms with Gasteiger partial charge in [-0.1, -0.05) is 58.7 Å². The van der Waals surface area contributed by atoms with Crippen LogP contribution >= 0.6 is 34.5 Å². The van der Waals surface area contributed by atoms with Crippen molar-refractivity contribution in [1.82, 2.24) is 20.3 Å². The maximum Gasteiger partial charge on any atom is 0.235 e. The molecule has 1 aliphatic rings. The van der Waals surface area contributed by atoms with E-state index in [1.165, 1.54) is 6.07 Å². The zero-order chi connectivity index (χ0) is 23.6. The number of halogens is 3. The molecule has 0 spiro atoms. The van der Waals surface area contributed by atoms with Gasteiger partial charge in [0.2, 0.25) is 5.91 Å². The smallest absolute Gasteiger partial charge is 0.235 e. The van der Waals surface area contributed by atoms with Crippen molar-refractivity contribution in [3.63, 3.8) is 0 Å². The van der Waals surface area contributed by atoms with E-state index in [9.17, 15) is 13.2 Å². The fraction of sp³-hybridized carbons (Fsp3) is 0.286. The van der Waals surface area contributed by atoms with Gasteiger partial charge < -0.3 is 5.32 Å². The third-order valence-corrected chi connectivity index (χ3v) is 9.17. The van der Waals surface area contributed by atoms with Gasteiger partial charge in [-0.05, 0) is 24.5 Å². The lowest BCUT2D eigenvalue weighted by atomic mass is 9.97. The minimum atomic E-state index is -3.94. The van der Waals surface area contributed by atoms with Crippen LogP contribution in [-0.4, -0.2) is 41.6 Å². The highest BCUT2D eigenvalue weighted by molar-refractivity contribution is 7.94. The second kappa shape index (κ2) is 9.92. The molecule has 2 aromatic heterocycles. The molecule has 0 fully saturated rings. The van der Waals surface area contributed by atoms with Gasteiger partial charge in [-0.3, -0.25) is 4.79 Å². The normalized spacial score (nSPS) is 15.2. The molecule has 0 saturated heterocycles. The summed E-state index contributed by atoms with van der Waals surface area (Å²) in [5.74, 6) is -2.19. The van der Waals surface area contributed by atoms with E-state index in [-0.39, 0.29) is 13.6 Å². The summed E-state index contributed by atoms with van der Waals surface area (Å²) in [7, 11) is -3.94. The summed E-state index contributed by atoms with van der Waals surface area (Å²) in [6, 6.07) is 10.9. The van der Waals surface area contributed by atoms with Crippen molar-refractivity contribution in [2.75, 3.05) is 12.3 Å². The number of rotatable bonds is 7. The first kappa shape index (κ1) is 23.9. The van der Waals surface area contributed by atoms with E-state index in [4.69, 9.17) is 23.2 Å². The first-order chi connectivity index (χ1) is 15.7. The number of fused-ring (bicyclic) bond motifs is 1. The molecule has 1 aliphatic heterocycles. The van der Waals surface area contributed by atoms with E-state index in [1.54, 1.807) is 4.68 Å². The van der Waals surface area contributed by atoms with Crippen molar-refractivity contribution in [2.45, 2.75) is 30.0 Å². The van der Waals surface area contributed by atoms with Gasteiger partial charge in [-0.25, -0.2) is 17.5 Å². The van der Waals surface area contributed by atoms with Crippen LogP contribution in [0.3, 0.4) is 0 Å². The van der Waals surface area contributed by atoms with Crippen LogP contribution in [0, 0.1) is 0 Å². The van der Waals surface area contributed by atoms with E-state index in [1.807, 2.05) is 30.3 Å². The van der Waals surface area contributed by atoms with Gasteiger partial charge in [0.25, 0.3) is 0 Å². The standard InChI is InChI=1S/C21H19Cl2FN4O3S2/c22-15-10-19(32-21(15)23)33(30,31)12-18(29)25-11-16(24)14-7-4-8-28-20(14)17(26-27-28)9-13-5-2-1-3-6-13/h1-3,5-6,10H,4,7-9,11-12H2,(H,25,29)/b16-14+.